The lowest BCUT2D eigenvalue weighted by Gasteiger charge is -2.16. The molecule has 0 aliphatic heterocycles. The smallest absolute Gasteiger partial charge is 0.337 e. The van der Waals surface area contributed by atoms with Gasteiger partial charge in [0.05, 0.1) is 17.1 Å². The van der Waals surface area contributed by atoms with E-state index < -0.39 is 16.0 Å². The highest BCUT2D eigenvalue weighted by Gasteiger charge is 2.18. The molecule has 1 aromatic carbocycles. The van der Waals surface area contributed by atoms with Crippen LogP contribution in [-0.2, 0) is 14.8 Å². The lowest BCUT2D eigenvalue weighted by Crippen LogP contribution is -2.23. The third kappa shape index (κ3) is 3.92. The fraction of sp³-hybridized carbons (Fsp3) is 0.417. The van der Waals surface area contributed by atoms with E-state index in [0.29, 0.717) is 12.3 Å². The Morgan fingerprint density at radius 1 is 1.45 bits per heavy atom. The minimum Gasteiger partial charge on any atom is -0.478 e. The van der Waals surface area contributed by atoms with Crippen molar-refractivity contribution < 1.29 is 23.1 Å². The van der Waals surface area contributed by atoms with Crippen molar-refractivity contribution in [2.24, 2.45) is 0 Å². The van der Waals surface area contributed by atoms with Crippen LogP contribution in [0.4, 0.5) is 5.69 Å². The van der Waals surface area contributed by atoms with Crippen molar-refractivity contribution in [3.05, 3.63) is 23.8 Å². The number of nitrogens with one attached hydrogen (secondary N) is 2. The zero-order chi connectivity index (χ0) is 15.3. The monoisotopic (exact) mass is 302 g/mol. The Hall–Kier alpha value is -1.64. The summed E-state index contributed by atoms with van der Waals surface area (Å²) in [4.78, 5) is 11.1. The molecule has 7 nitrogen and oxygen atoms in total. The number of methoxy groups -OCH3 is 1. The number of sulfonamides is 1. The molecule has 0 amide bonds. The average Bonchev–Trinajstić information content (AvgIpc) is 2.38. The number of carbonyl (C=O) groups is 1. The van der Waals surface area contributed by atoms with Crippen LogP contribution in [0.3, 0.4) is 0 Å². The summed E-state index contributed by atoms with van der Waals surface area (Å²) in [5.74, 6) is -1.20. The Labute approximate surface area is 118 Å². The number of hydrogen-bond donors (Lipinski definition) is 3. The second kappa shape index (κ2) is 6.69. The van der Waals surface area contributed by atoms with E-state index in [1.807, 2.05) is 6.92 Å². The predicted molar refractivity (Wildman–Crippen MR) is 74.6 cm³/mol. The fourth-order valence-corrected chi connectivity index (χ4v) is 2.42. The van der Waals surface area contributed by atoms with E-state index in [2.05, 4.69) is 10.0 Å². The molecule has 0 heterocycles. The molecule has 112 valence electrons. The van der Waals surface area contributed by atoms with Gasteiger partial charge in [-0.15, -0.1) is 0 Å². The molecule has 20 heavy (non-hydrogen) atoms. The van der Waals surface area contributed by atoms with Crippen LogP contribution in [0.25, 0.3) is 0 Å². The van der Waals surface area contributed by atoms with Gasteiger partial charge in [-0.25, -0.2) is 17.9 Å². The lowest BCUT2D eigenvalue weighted by molar-refractivity contribution is 0.0697. The Balaban J connectivity index is 3.18. The molecule has 0 aliphatic rings. The van der Waals surface area contributed by atoms with Crippen molar-refractivity contribution in [1.29, 1.82) is 0 Å². The third-order valence-corrected chi connectivity index (χ3v) is 4.03. The van der Waals surface area contributed by atoms with E-state index in [0.717, 1.165) is 6.07 Å². The molecule has 1 rings (SSSR count). The highest BCUT2D eigenvalue weighted by atomic mass is 32.2. The number of carboxylic acid groups (broad SMARTS) is 1. The van der Waals surface area contributed by atoms with Crippen LogP contribution in [-0.4, -0.2) is 46.3 Å². The standard InChI is InChI=1S/C12H18N2O5S/c1-8(7-19-3)14-11-5-4-9(20(17,18)13-2)6-10(11)12(15)16/h4-6,8,13-14H,7H2,1-3H3,(H,15,16)/t8-/m1/s1. The number of benzene rings is 1. The first-order valence-corrected chi connectivity index (χ1v) is 7.36. The van der Waals surface area contributed by atoms with Gasteiger partial charge in [-0.05, 0) is 32.2 Å². The first-order chi connectivity index (χ1) is 9.31. The van der Waals surface area contributed by atoms with Crippen molar-refractivity contribution in [3.8, 4) is 0 Å². The van der Waals surface area contributed by atoms with E-state index >= 15 is 0 Å². The number of anilines is 1. The van der Waals surface area contributed by atoms with Gasteiger partial charge in [-0.3, -0.25) is 0 Å². The summed E-state index contributed by atoms with van der Waals surface area (Å²) in [6.45, 7) is 2.23. The number of rotatable bonds is 7. The summed E-state index contributed by atoms with van der Waals surface area (Å²) >= 11 is 0. The summed E-state index contributed by atoms with van der Waals surface area (Å²) in [5.41, 5.74) is 0.237. The zero-order valence-electron chi connectivity index (χ0n) is 11.5. The van der Waals surface area contributed by atoms with Gasteiger partial charge in [0.1, 0.15) is 0 Å². The minimum absolute atomic E-state index is 0.0951. The molecule has 3 N–H and O–H groups in total. The van der Waals surface area contributed by atoms with E-state index in [-0.39, 0.29) is 16.5 Å². The molecule has 0 fully saturated rings. The number of hydrogen-bond acceptors (Lipinski definition) is 5. The largest absolute Gasteiger partial charge is 0.478 e. The van der Waals surface area contributed by atoms with Crippen LogP contribution in [0.2, 0.25) is 0 Å². The molecule has 0 aromatic heterocycles. The average molecular weight is 302 g/mol. The molecule has 1 atom stereocenters. The molecule has 0 unspecified atom stereocenters. The van der Waals surface area contributed by atoms with Crippen molar-refractivity contribution in [2.45, 2.75) is 17.9 Å². The van der Waals surface area contributed by atoms with Crippen LogP contribution < -0.4 is 10.0 Å². The van der Waals surface area contributed by atoms with Crippen molar-refractivity contribution >= 4 is 21.7 Å². The first-order valence-electron chi connectivity index (χ1n) is 5.88. The van der Waals surface area contributed by atoms with Crippen molar-refractivity contribution in [1.82, 2.24) is 4.72 Å². The molecule has 0 aliphatic carbocycles. The van der Waals surface area contributed by atoms with Gasteiger partial charge in [-0.1, -0.05) is 0 Å². The topological polar surface area (TPSA) is 105 Å². The Bertz CT molecular complexity index is 586. The maximum Gasteiger partial charge on any atom is 0.337 e. The predicted octanol–water partition coefficient (Wildman–Crippen LogP) is 0.740. The maximum absolute atomic E-state index is 11.7. The number of ether oxygens (including phenoxy) is 1. The maximum atomic E-state index is 11.7. The molecular formula is C12H18N2O5S. The molecule has 8 heteroatoms. The van der Waals surface area contributed by atoms with Crippen LogP contribution in [0.15, 0.2) is 23.1 Å². The van der Waals surface area contributed by atoms with E-state index in [1.165, 1.54) is 19.2 Å². The van der Waals surface area contributed by atoms with Gasteiger partial charge in [0, 0.05) is 18.8 Å². The molecule has 0 saturated carbocycles. The van der Waals surface area contributed by atoms with Crippen molar-refractivity contribution in [3.63, 3.8) is 0 Å². The van der Waals surface area contributed by atoms with Gasteiger partial charge < -0.3 is 15.2 Å². The molecule has 0 saturated heterocycles. The van der Waals surface area contributed by atoms with Crippen LogP contribution >= 0.6 is 0 Å². The van der Waals surface area contributed by atoms with Crippen molar-refractivity contribution in [2.75, 3.05) is 26.1 Å². The quantitative estimate of drug-likeness (QED) is 0.686. The first kappa shape index (κ1) is 16.4. The molecule has 1 aromatic rings. The molecule has 0 bridgehead atoms. The highest BCUT2D eigenvalue weighted by Crippen LogP contribution is 2.21. The van der Waals surface area contributed by atoms with E-state index in [4.69, 9.17) is 4.74 Å². The Morgan fingerprint density at radius 2 is 2.10 bits per heavy atom. The van der Waals surface area contributed by atoms with Gasteiger partial charge in [-0.2, -0.15) is 0 Å². The SMILES string of the molecule is CNS(=O)(=O)c1ccc(N[C@H](C)COC)c(C(=O)O)c1. The summed E-state index contributed by atoms with van der Waals surface area (Å²) < 4.78 is 30.4. The molecule has 0 radical (unpaired) electrons. The number of aromatic carboxylic acids is 1. The van der Waals surface area contributed by atoms with Crippen LogP contribution in [0.5, 0.6) is 0 Å². The van der Waals surface area contributed by atoms with Gasteiger partial charge >= 0.3 is 5.97 Å². The van der Waals surface area contributed by atoms with E-state index in [1.54, 1.807) is 7.11 Å². The van der Waals surface area contributed by atoms with Crippen LogP contribution in [0.1, 0.15) is 17.3 Å². The summed E-state index contributed by atoms with van der Waals surface area (Å²) in [6.07, 6.45) is 0. The van der Waals surface area contributed by atoms with E-state index in [9.17, 15) is 18.3 Å². The second-order valence-corrected chi connectivity index (χ2v) is 6.11. The second-order valence-electron chi connectivity index (χ2n) is 4.22. The zero-order valence-corrected chi connectivity index (χ0v) is 12.3. The summed E-state index contributed by atoms with van der Waals surface area (Å²) in [6, 6.07) is 3.79. The van der Waals surface area contributed by atoms with Gasteiger partial charge in [0.25, 0.3) is 0 Å². The van der Waals surface area contributed by atoms with Crippen LogP contribution in [0, 0.1) is 0 Å². The highest BCUT2D eigenvalue weighted by molar-refractivity contribution is 7.89. The molecule has 0 spiro atoms. The molecular weight excluding hydrogens is 284 g/mol. The third-order valence-electron chi connectivity index (χ3n) is 2.62. The normalized spacial score (nSPS) is 12.9. The Kier molecular flexibility index (Phi) is 5.49. The fourth-order valence-electron chi connectivity index (χ4n) is 1.67. The van der Waals surface area contributed by atoms with Gasteiger partial charge in [0.2, 0.25) is 10.0 Å². The minimum atomic E-state index is -3.68. The number of carboxylic acids is 1. The lowest BCUT2D eigenvalue weighted by atomic mass is 10.1. The summed E-state index contributed by atoms with van der Waals surface area (Å²) in [7, 11) is -0.868. The summed E-state index contributed by atoms with van der Waals surface area (Å²) in [5, 5.41) is 12.2. The van der Waals surface area contributed by atoms with Gasteiger partial charge in [0.15, 0.2) is 0 Å². The Morgan fingerprint density at radius 3 is 2.60 bits per heavy atom.